The number of carbonyl (C=O) groups excluding carboxylic acids is 1. The molecule has 0 aromatic carbocycles. The van der Waals surface area contributed by atoms with Crippen molar-refractivity contribution in [2.75, 3.05) is 33.0 Å². The van der Waals surface area contributed by atoms with Gasteiger partial charge in [-0.25, -0.2) is 4.98 Å². The van der Waals surface area contributed by atoms with Crippen LogP contribution in [-0.4, -0.2) is 139 Å². The Balaban J connectivity index is 1.20. The standard InChI is InChI=1S/C51H80N4O12/c1-46(23-57)17-27-9-6-8-26-18-51(27,45(64)65)33(19-46)31-11-12-37-48(3,50(26,31)5)14-13-36-47(2,24-58)42(67-44-41(62)40(61)35(59)22-66-44)39(60)32(49(36,37)4)16-29-30(21-56)43(63)55-38(29)28(10-7-15-52)34-20-53-25-54-34/h11,20,25-30,32-33,35-42,44,56-62H,6-10,12-19,21-24,52H2,1-5H3,(H,53,54)(H,55,63)(H,64,65). The molecule has 22 unspecified atom stereocenters. The summed E-state index contributed by atoms with van der Waals surface area (Å²) >= 11 is 0. The van der Waals surface area contributed by atoms with Crippen LogP contribution in [0.1, 0.15) is 123 Å². The van der Waals surface area contributed by atoms with Crippen LogP contribution < -0.4 is 11.1 Å². The van der Waals surface area contributed by atoms with Gasteiger partial charge in [0.1, 0.15) is 18.3 Å². The second-order valence-corrected chi connectivity index (χ2v) is 24.2. The molecule has 12 N–H and O–H groups in total. The van der Waals surface area contributed by atoms with Gasteiger partial charge in [-0.15, -0.1) is 0 Å². The van der Waals surface area contributed by atoms with Crippen LogP contribution in [0.3, 0.4) is 0 Å². The number of nitrogens with one attached hydrogen (secondary N) is 2. The average molecular weight is 941 g/mol. The number of aromatic amines is 1. The molecule has 6 aliphatic carbocycles. The second kappa shape index (κ2) is 17.7. The summed E-state index contributed by atoms with van der Waals surface area (Å²) in [7, 11) is 0. The van der Waals surface area contributed by atoms with Gasteiger partial charge in [0, 0.05) is 35.9 Å². The summed E-state index contributed by atoms with van der Waals surface area (Å²) in [6.07, 6.45) is 5.34. The first-order valence-corrected chi connectivity index (χ1v) is 25.5. The molecule has 7 fully saturated rings. The van der Waals surface area contributed by atoms with Crippen LogP contribution in [0.5, 0.6) is 0 Å². The Labute approximate surface area is 394 Å². The number of nitrogens with two attached hydrogens (primary N) is 1. The molecule has 376 valence electrons. The van der Waals surface area contributed by atoms with Crippen molar-refractivity contribution in [3.05, 3.63) is 29.9 Å². The average Bonchev–Trinajstić information content (AvgIpc) is 3.89. The molecular weight excluding hydrogens is 861 g/mol. The predicted octanol–water partition coefficient (Wildman–Crippen LogP) is 2.83. The lowest BCUT2D eigenvalue weighted by Gasteiger charge is -2.75. The number of hydrogen-bond donors (Lipinski definition) is 11. The molecule has 0 radical (unpaired) electrons. The summed E-state index contributed by atoms with van der Waals surface area (Å²) in [4.78, 5) is 35.6. The van der Waals surface area contributed by atoms with E-state index in [1.165, 1.54) is 5.57 Å². The molecule has 3 heterocycles. The van der Waals surface area contributed by atoms with E-state index in [4.69, 9.17) is 15.2 Å². The van der Waals surface area contributed by atoms with E-state index in [0.717, 1.165) is 31.4 Å². The summed E-state index contributed by atoms with van der Waals surface area (Å²) in [5.41, 5.74) is 4.05. The normalized spacial score (nSPS) is 50.8. The van der Waals surface area contributed by atoms with Crippen LogP contribution in [0.15, 0.2) is 24.2 Å². The number of hydrogen-bond acceptors (Lipinski definition) is 13. The van der Waals surface area contributed by atoms with Gasteiger partial charge in [0.05, 0.1) is 49.7 Å². The summed E-state index contributed by atoms with van der Waals surface area (Å²) in [5.74, 6) is -3.73. The summed E-state index contributed by atoms with van der Waals surface area (Å²) in [6.45, 7) is 10.4. The highest BCUT2D eigenvalue weighted by Crippen LogP contribution is 2.79. The number of aromatic nitrogens is 2. The van der Waals surface area contributed by atoms with Gasteiger partial charge in [-0.05, 0) is 140 Å². The molecule has 9 rings (SSSR count). The molecular formula is C51H80N4O12. The molecule has 1 aromatic heterocycles. The van der Waals surface area contributed by atoms with Gasteiger partial charge in [0.25, 0.3) is 0 Å². The maximum Gasteiger partial charge on any atom is 0.310 e. The van der Waals surface area contributed by atoms with Crippen LogP contribution in [0.2, 0.25) is 0 Å². The topological polar surface area (TPSA) is 281 Å². The zero-order valence-electron chi connectivity index (χ0n) is 40.2. The predicted molar refractivity (Wildman–Crippen MR) is 244 cm³/mol. The quantitative estimate of drug-likeness (QED) is 0.100. The van der Waals surface area contributed by atoms with Crippen molar-refractivity contribution in [2.45, 2.75) is 160 Å². The Morgan fingerprint density at radius 1 is 0.970 bits per heavy atom. The zero-order chi connectivity index (χ0) is 48.2. The number of H-pyrrole nitrogens is 1. The minimum absolute atomic E-state index is 0.00438. The van der Waals surface area contributed by atoms with Gasteiger partial charge >= 0.3 is 5.97 Å². The molecule has 2 saturated heterocycles. The second-order valence-electron chi connectivity index (χ2n) is 24.2. The van der Waals surface area contributed by atoms with Crippen molar-refractivity contribution in [3.8, 4) is 0 Å². The maximum absolute atomic E-state index is 14.1. The Kier molecular flexibility index (Phi) is 13.0. The van der Waals surface area contributed by atoms with E-state index in [9.17, 15) is 50.4 Å². The third-order valence-corrected chi connectivity index (χ3v) is 21.5. The minimum Gasteiger partial charge on any atom is -0.481 e. The number of carboxylic acids is 1. The lowest BCUT2D eigenvalue weighted by Crippen LogP contribution is -2.73. The van der Waals surface area contributed by atoms with Gasteiger partial charge in [-0.1, -0.05) is 52.7 Å². The molecule has 16 nitrogen and oxygen atoms in total. The first-order chi connectivity index (χ1) is 31.7. The number of carbonyl (C=O) groups is 2. The summed E-state index contributed by atoms with van der Waals surface area (Å²) in [6, 6.07) is -0.463. The highest BCUT2D eigenvalue weighted by Gasteiger charge is 2.76. The maximum atomic E-state index is 14.1. The summed E-state index contributed by atoms with van der Waals surface area (Å²) < 4.78 is 12.5. The molecule has 16 heteroatoms. The van der Waals surface area contributed by atoms with E-state index in [-0.39, 0.29) is 67.7 Å². The number of aliphatic hydroxyl groups excluding tert-OH is 7. The Hall–Kier alpha value is -2.51. The van der Waals surface area contributed by atoms with Crippen LogP contribution in [0, 0.1) is 79.8 Å². The number of carboxylic acid groups (broad SMARTS) is 1. The molecule has 5 saturated carbocycles. The van der Waals surface area contributed by atoms with E-state index >= 15 is 0 Å². The van der Waals surface area contributed by atoms with Crippen molar-refractivity contribution < 1.29 is 59.9 Å². The van der Waals surface area contributed by atoms with Crippen molar-refractivity contribution in [1.82, 2.24) is 15.3 Å². The zero-order valence-corrected chi connectivity index (χ0v) is 40.2. The molecule has 1 aromatic rings. The van der Waals surface area contributed by atoms with E-state index in [1.807, 2.05) is 6.92 Å². The molecule has 2 bridgehead atoms. The fraction of sp³-hybridized carbons (Fsp3) is 0.863. The number of allylic oxidation sites excluding steroid dienone is 2. The number of aliphatic hydroxyl groups is 7. The number of rotatable bonds is 13. The molecule has 67 heavy (non-hydrogen) atoms. The Morgan fingerprint density at radius 2 is 1.72 bits per heavy atom. The number of aliphatic carboxylic acids is 1. The SMILES string of the molecule is CC1(CO)CC2CCCC3CC2(C(=O)O)C(C1)C1=CCC2C4(C)C(CC5C(CO)C(=O)NC5C(CCCN)c5cnc[nH]5)C(O)C(OC5OCC(O)C(O)C5O)C(C)(CO)C4CCC2(C)C13C. The minimum atomic E-state index is -1.64. The lowest BCUT2D eigenvalue weighted by atomic mass is 9.30. The van der Waals surface area contributed by atoms with Gasteiger partial charge in [0.15, 0.2) is 6.29 Å². The molecule has 0 spiro atoms. The van der Waals surface area contributed by atoms with Gasteiger partial charge in [-0.2, -0.15) is 0 Å². The van der Waals surface area contributed by atoms with Gasteiger partial charge in [0.2, 0.25) is 5.91 Å². The molecule has 2 aliphatic heterocycles. The van der Waals surface area contributed by atoms with Crippen molar-refractivity contribution in [2.24, 2.45) is 85.6 Å². The number of imidazole rings is 1. The van der Waals surface area contributed by atoms with E-state index < -0.39 is 106 Å². The fourth-order valence-electron chi connectivity index (χ4n) is 18.0. The van der Waals surface area contributed by atoms with Crippen LogP contribution >= 0.6 is 0 Å². The number of amides is 1. The van der Waals surface area contributed by atoms with E-state index in [0.29, 0.717) is 51.5 Å². The third-order valence-electron chi connectivity index (χ3n) is 21.5. The first kappa shape index (κ1) is 49.5. The lowest BCUT2D eigenvalue weighted by molar-refractivity contribution is -0.341. The van der Waals surface area contributed by atoms with Gasteiger partial charge < -0.3 is 66.4 Å². The van der Waals surface area contributed by atoms with Crippen LogP contribution in [0.25, 0.3) is 0 Å². The molecule has 8 aliphatic rings. The van der Waals surface area contributed by atoms with Crippen molar-refractivity contribution in [1.29, 1.82) is 0 Å². The monoisotopic (exact) mass is 941 g/mol. The van der Waals surface area contributed by atoms with E-state index in [1.54, 1.807) is 12.5 Å². The Morgan fingerprint density at radius 3 is 2.37 bits per heavy atom. The number of ether oxygens (including phenoxy) is 2. The van der Waals surface area contributed by atoms with Crippen LogP contribution in [-0.2, 0) is 19.1 Å². The highest BCUT2D eigenvalue weighted by molar-refractivity contribution is 5.82. The smallest absolute Gasteiger partial charge is 0.310 e. The van der Waals surface area contributed by atoms with Crippen LogP contribution in [0.4, 0.5) is 0 Å². The highest BCUT2D eigenvalue weighted by atomic mass is 16.7. The van der Waals surface area contributed by atoms with Gasteiger partial charge in [-0.3, -0.25) is 9.59 Å². The van der Waals surface area contributed by atoms with Crippen molar-refractivity contribution in [3.63, 3.8) is 0 Å². The summed E-state index contributed by atoms with van der Waals surface area (Å²) in [5, 5.41) is 94.3. The third kappa shape index (κ3) is 7.05. The number of fused-ring (bicyclic) bond motifs is 8. The first-order valence-electron chi connectivity index (χ1n) is 25.5. The molecule has 1 amide bonds. The number of nitrogens with zero attached hydrogens (tertiary/aromatic N) is 1. The fourth-order valence-corrected chi connectivity index (χ4v) is 18.0. The largest absolute Gasteiger partial charge is 0.481 e. The Bertz CT molecular complexity index is 2020. The molecule has 22 atom stereocenters. The van der Waals surface area contributed by atoms with Crippen molar-refractivity contribution >= 4 is 11.9 Å². The van der Waals surface area contributed by atoms with E-state index in [2.05, 4.69) is 49.1 Å².